The lowest BCUT2D eigenvalue weighted by Gasteiger charge is -2.23. The average molecular weight is 731 g/mol. The number of hydrogen-bond acceptors (Lipinski definition) is 7. The summed E-state index contributed by atoms with van der Waals surface area (Å²) in [6.07, 6.45) is -11.5. The highest BCUT2D eigenvalue weighted by molar-refractivity contribution is 5.94. The fraction of sp³-hybridized carbons (Fsp3) is 0.351. The zero-order chi connectivity index (χ0) is 38.5. The second-order valence-corrected chi connectivity index (χ2v) is 12.2. The maximum absolute atomic E-state index is 13.5. The number of nitrogens with one attached hydrogen (secondary N) is 1. The number of benzene rings is 3. The third-order valence-corrected chi connectivity index (χ3v) is 8.84. The second kappa shape index (κ2) is 16.0. The van der Waals surface area contributed by atoms with Crippen LogP contribution >= 0.6 is 0 Å². The Morgan fingerprint density at radius 1 is 0.769 bits per heavy atom. The molecule has 1 aromatic heterocycles. The normalized spacial score (nSPS) is 11.8. The van der Waals surface area contributed by atoms with E-state index in [0.29, 0.717) is 46.1 Å². The number of ether oxygens (including phenoxy) is 1. The molecule has 0 fully saturated rings. The summed E-state index contributed by atoms with van der Waals surface area (Å²) >= 11 is 0. The van der Waals surface area contributed by atoms with Crippen molar-refractivity contribution < 1.29 is 40.7 Å². The van der Waals surface area contributed by atoms with Crippen LogP contribution in [0.25, 0.3) is 11.3 Å². The van der Waals surface area contributed by atoms with Gasteiger partial charge in [0.25, 0.3) is 5.91 Å². The highest BCUT2D eigenvalue weighted by Crippen LogP contribution is 2.38. The fourth-order valence-electron chi connectivity index (χ4n) is 5.28. The van der Waals surface area contributed by atoms with E-state index in [9.17, 15) is 35.9 Å². The number of amides is 2. The van der Waals surface area contributed by atoms with Crippen LogP contribution in [0, 0.1) is 20.8 Å². The molecule has 0 aliphatic heterocycles. The van der Waals surface area contributed by atoms with Gasteiger partial charge in [-0.25, -0.2) is 9.78 Å². The smallest absolute Gasteiger partial charge is 0.391 e. The van der Waals surface area contributed by atoms with Crippen molar-refractivity contribution in [2.75, 3.05) is 50.5 Å². The molecular weight excluding hydrogens is 690 g/mol. The molecule has 52 heavy (non-hydrogen) atoms. The third-order valence-electron chi connectivity index (χ3n) is 8.84. The predicted molar refractivity (Wildman–Crippen MR) is 187 cm³/mol. The number of aryl methyl sites for hydroxylation is 1. The van der Waals surface area contributed by atoms with Crippen LogP contribution in [-0.2, 0) is 12.4 Å². The largest absolute Gasteiger partial charge is 0.420 e. The molecule has 0 bridgehead atoms. The number of carbonyl (C=O) groups is 2. The SMILES string of the molecule is CCN(CC)CCN(C)C(=O)c1ccc(Nc2nc(OC(=O)N(C)c3cc(C(F)(F)F)cc(C(F)(F)F)c3)cc(-c3ccc(C)c(C)c3C)n2)cc1. The number of rotatable bonds is 11. The van der Waals surface area contributed by atoms with Crippen molar-refractivity contribution in [3.8, 4) is 17.1 Å². The molecule has 0 radical (unpaired) electrons. The van der Waals surface area contributed by atoms with Gasteiger partial charge >= 0.3 is 18.4 Å². The van der Waals surface area contributed by atoms with Gasteiger partial charge in [0.2, 0.25) is 11.8 Å². The zero-order valence-electron chi connectivity index (χ0n) is 29.8. The Morgan fingerprint density at radius 2 is 1.37 bits per heavy atom. The predicted octanol–water partition coefficient (Wildman–Crippen LogP) is 8.90. The Labute approximate surface area is 298 Å². The molecule has 4 rings (SSSR count). The fourth-order valence-corrected chi connectivity index (χ4v) is 5.28. The number of hydrogen-bond donors (Lipinski definition) is 1. The van der Waals surface area contributed by atoms with Crippen LogP contribution in [0.15, 0.2) is 60.7 Å². The minimum atomic E-state index is -5.11. The van der Waals surface area contributed by atoms with E-state index in [-0.39, 0.29) is 23.8 Å². The minimum absolute atomic E-state index is 0.0304. The standard InChI is InChI=1S/C37H40F6N6O3/c1-8-49(9-2)17-16-47(6)33(50)25-11-13-28(14-12-25)44-34-45-31(30-15-10-22(3)23(4)24(30)5)21-32(46-34)52-35(51)48(7)29-19-26(36(38,39)40)18-27(20-29)37(41,42)43/h10-15,18-21H,8-9,16-17H2,1-7H3,(H,44,45,46). The van der Waals surface area contributed by atoms with Crippen LogP contribution in [-0.4, -0.2) is 72.0 Å². The van der Waals surface area contributed by atoms with E-state index in [2.05, 4.69) is 34.0 Å². The molecule has 9 nitrogen and oxygen atoms in total. The summed E-state index contributed by atoms with van der Waals surface area (Å²) in [5.41, 5.74) is 0.932. The van der Waals surface area contributed by atoms with Crippen LogP contribution in [0.3, 0.4) is 0 Å². The Balaban J connectivity index is 1.65. The number of nitrogens with zero attached hydrogens (tertiary/aromatic N) is 5. The van der Waals surface area contributed by atoms with E-state index in [0.717, 1.165) is 43.4 Å². The van der Waals surface area contributed by atoms with Gasteiger partial charge in [0, 0.05) is 55.8 Å². The van der Waals surface area contributed by atoms with Crippen molar-refractivity contribution in [2.45, 2.75) is 47.0 Å². The first-order chi connectivity index (χ1) is 24.3. The Morgan fingerprint density at radius 3 is 1.92 bits per heavy atom. The molecular formula is C37H40F6N6O3. The molecule has 3 aromatic carbocycles. The van der Waals surface area contributed by atoms with Crippen LogP contribution in [0.5, 0.6) is 5.88 Å². The van der Waals surface area contributed by atoms with E-state index < -0.39 is 35.3 Å². The first-order valence-corrected chi connectivity index (χ1v) is 16.4. The molecule has 0 spiro atoms. The topological polar surface area (TPSA) is 90.9 Å². The Bertz CT molecular complexity index is 1880. The maximum Gasteiger partial charge on any atom is 0.420 e. The van der Waals surface area contributed by atoms with Gasteiger partial charge < -0.3 is 19.9 Å². The highest BCUT2D eigenvalue weighted by atomic mass is 19.4. The van der Waals surface area contributed by atoms with Crippen LogP contribution in [0.1, 0.15) is 52.0 Å². The van der Waals surface area contributed by atoms with Crippen LogP contribution in [0.2, 0.25) is 0 Å². The quantitative estimate of drug-likeness (QED) is 0.154. The van der Waals surface area contributed by atoms with E-state index in [1.54, 1.807) is 36.2 Å². The lowest BCUT2D eigenvalue weighted by Crippen LogP contribution is -2.36. The van der Waals surface area contributed by atoms with Gasteiger partial charge in [-0.1, -0.05) is 26.0 Å². The second-order valence-electron chi connectivity index (χ2n) is 12.2. The van der Waals surface area contributed by atoms with Crippen molar-refractivity contribution in [1.29, 1.82) is 0 Å². The summed E-state index contributed by atoms with van der Waals surface area (Å²) in [5, 5.41) is 3.02. The minimum Gasteiger partial charge on any atom is -0.391 e. The molecule has 2 amide bonds. The molecule has 278 valence electrons. The van der Waals surface area contributed by atoms with Gasteiger partial charge in [-0.3, -0.25) is 9.69 Å². The highest BCUT2D eigenvalue weighted by Gasteiger charge is 2.38. The number of aromatic nitrogens is 2. The lowest BCUT2D eigenvalue weighted by molar-refractivity contribution is -0.143. The van der Waals surface area contributed by atoms with E-state index >= 15 is 0 Å². The Hall–Kier alpha value is -5.18. The number of likely N-dealkylation sites (N-methyl/N-ethyl adjacent to an activating group) is 2. The van der Waals surface area contributed by atoms with Crippen LogP contribution in [0.4, 0.5) is 48.5 Å². The molecule has 0 aliphatic carbocycles. The number of carbonyl (C=O) groups excluding carboxylic acids is 2. The molecule has 4 aromatic rings. The van der Waals surface area contributed by atoms with Gasteiger partial charge in [-0.2, -0.15) is 31.3 Å². The van der Waals surface area contributed by atoms with Crippen molar-refractivity contribution in [3.05, 3.63) is 94.0 Å². The first-order valence-electron chi connectivity index (χ1n) is 16.4. The van der Waals surface area contributed by atoms with Crippen molar-refractivity contribution in [1.82, 2.24) is 19.8 Å². The van der Waals surface area contributed by atoms with Gasteiger partial charge in [0.05, 0.1) is 16.8 Å². The molecule has 1 N–H and O–H groups in total. The van der Waals surface area contributed by atoms with E-state index in [1.807, 2.05) is 32.9 Å². The number of alkyl halides is 6. The van der Waals surface area contributed by atoms with Crippen molar-refractivity contribution in [2.24, 2.45) is 0 Å². The molecule has 0 unspecified atom stereocenters. The lowest BCUT2D eigenvalue weighted by atomic mass is 9.97. The number of anilines is 3. The molecule has 0 atom stereocenters. The summed E-state index contributed by atoms with van der Waals surface area (Å²) in [7, 11) is 2.71. The van der Waals surface area contributed by atoms with Crippen LogP contribution < -0.4 is 15.0 Å². The van der Waals surface area contributed by atoms with Crippen molar-refractivity contribution >= 4 is 29.3 Å². The molecule has 1 heterocycles. The zero-order valence-corrected chi connectivity index (χ0v) is 29.8. The molecule has 0 saturated heterocycles. The first kappa shape index (κ1) is 39.6. The molecule has 15 heteroatoms. The van der Waals surface area contributed by atoms with E-state index in [1.165, 1.54) is 6.07 Å². The van der Waals surface area contributed by atoms with Crippen molar-refractivity contribution in [3.63, 3.8) is 0 Å². The van der Waals surface area contributed by atoms with Gasteiger partial charge in [0.15, 0.2) is 0 Å². The van der Waals surface area contributed by atoms with Gasteiger partial charge in [-0.15, -0.1) is 0 Å². The summed E-state index contributed by atoms with van der Waals surface area (Å²) in [6.45, 7) is 12.9. The third kappa shape index (κ3) is 9.57. The van der Waals surface area contributed by atoms with Gasteiger partial charge in [0.1, 0.15) is 0 Å². The van der Waals surface area contributed by atoms with Gasteiger partial charge in [-0.05, 0) is 93.0 Å². The summed E-state index contributed by atoms with van der Waals surface area (Å²) in [5.74, 6) is -0.523. The average Bonchev–Trinajstić information content (AvgIpc) is 3.09. The summed E-state index contributed by atoms with van der Waals surface area (Å²) in [4.78, 5) is 39.5. The summed E-state index contributed by atoms with van der Waals surface area (Å²) < 4.78 is 86.4. The number of halogens is 6. The molecule has 0 saturated carbocycles. The van der Waals surface area contributed by atoms with E-state index in [4.69, 9.17) is 4.74 Å². The molecule has 0 aliphatic rings. The summed E-state index contributed by atoms with van der Waals surface area (Å²) in [6, 6.07) is 12.4. The monoisotopic (exact) mass is 730 g/mol. The maximum atomic E-state index is 13.5. The Kier molecular flexibility index (Phi) is 12.2.